The van der Waals surface area contributed by atoms with Crippen LogP contribution in [0.3, 0.4) is 0 Å². The summed E-state index contributed by atoms with van der Waals surface area (Å²) in [6.07, 6.45) is 1.58. The van der Waals surface area contributed by atoms with E-state index in [0.29, 0.717) is 5.69 Å². The normalized spacial score (nSPS) is 17.2. The highest BCUT2D eigenvalue weighted by Gasteiger charge is 2.16. The van der Waals surface area contributed by atoms with Gasteiger partial charge in [-0.1, -0.05) is 6.92 Å². The van der Waals surface area contributed by atoms with Crippen molar-refractivity contribution in [3.05, 3.63) is 18.3 Å². The molecule has 0 spiro atoms. The fourth-order valence-corrected chi connectivity index (χ4v) is 2.80. The summed E-state index contributed by atoms with van der Waals surface area (Å²) in [6.45, 7) is 8.87. The van der Waals surface area contributed by atoms with Gasteiger partial charge in [0.15, 0.2) is 0 Å². The lowest BCUT2D eigenvalue weighted by Crippen LogP contribution is -2.46. The van der Waals surface area contributed by atoms with Gasteiger partial charge in [-0.3, -0.25) is 4.72 Å². The average Bonchev–Trinajstić information content (AvgIpc) is 2.48. The standard InChI is InChI=1S/C13H22N4O2S/c1-3-16-7-9-17(10-8-16)13-6-5-12(11-14-13)15-20(18,19)4-2/h5-6,11,15H,3-4,7-10H2,1-2H3. The number of sulfonamides is 1. The molecule has 0 atom stereocenters. The Bertz CT molecular complexity index is 522. The third-order valence-electron chi connectivity index (χ3n) is 3.54. The predicted molar refractivity (Wildman–Crippen MR) is 81.6 cm³/mol. The van der Waals surface area contributed by atoms with Gasteiger partial charge in [0.1, 0.15) is 5.82 Å². The number of likely N-dealkylation sites (N-methyl/N-ethyl adjacent to an activating group) is 1. The number of aromatic nitrogens is 1. The van der Waals surface area contributed by atoms with Crippen LogP contribution in [-0.2, 0) is 10.0 Å². The summed E-state index contributed by atoms with van der Waals surface area (Å²) >= 11 is 0. The highest BCUT2D eigenvalue weighted by Crippen LogP contribution is 2.16. The Morgan fingerprint density at radius 2 is 1.90 bits per heavy atom. The first-order valence-corrected chi connectivity index (χ1v) is 8.63. The number of rotatable bonds is 5. The number of hydrogen-bond acceptors (Lipinski definition) is 5. The SMILES string of the molecule is CCN1CCN(c2ccc(NS(=O)(=O)CC)cn2)CC1. The van der Waals surface area contributed by atoms with E-state index < -0.39 is 10.0 Å². The van der Waals surface area contributed by atoms with E-state index >= 15 is 0 Å². The number of piperazine rings is 1. The zero-order chi connectivity index (χ0) is 14.6. The van der Waals surface area contributed by atoms with Gasteiger partial charge in [-0.2, -0.15) is 0 Å². The topological polar surface area (TPSA) is 65.5 Å². The number of nitrogens with zero attached hydrogens (tertiary/aromatic N) is 3. The fourth-order valence-electron chi connectivity index (χ4n) is 2.18. The Kier molecular flexibility index (Phi) is 4.82. The Morgan fingerprint density at radius 3 is 2.40 bits per heavy atom. The van der Waals surface area contributed by atoms with Crippen LogP contribution in [-0.4, -0.2) is 56.8 Å². The van der Waals surface area contributed by atoms with Crippen LogP contribution in [0.2, 0.25) is 0 Å². The summed E-state index contributed by atoms with van der Waals surface area (Å²) in [6, 6.07) is 3.64. The lowest BCUT2D eigenvalue weighted by Gasteiger charge is -2.34. The molecule has 1 N–H and O–H groups in total. The van der Waals surface area contributed by atoms with Gasteiger partial charge < -0.3 is 9.80 Å². The molecule has 0 amide bonds. The highest BCUT2D eigenvalue weighted by atomic mass is 32.2. The Morgan fingerprint density at radius 1 is 1.20 bits per heavy atom. The maximum Gasteiger partial charge on any atom is 0.232 e. The van der Waals surface area contributed by atoms with Crippen LogP contribution in [0.1, 0.15) is 13.8 Å². The molecule has 0 radical (unpaired) electrons. The van der Waals surface area contributed by atoms with Crippen molar-refractivity contribution in [2.24, 2.45) is 0 Å². The molecule has 112 valence electrons. The van der Waals surface area contributed by atoms with Gasteiger partial charge in [0, 0.05) is 26.2 Å². The van der Waals surface area contributed by atoms with Crippen molar-refractivity contribution in [2.45, 2.75) is 13.8 Å². The molecule has 6 nitrogen and oxygen atoms in total. The zero-order valence-corrected chi connectivity index (χ0v) is 12.9. The highest BCUT2D eigenvalue weighted by molar-refractivity contribution is 7.92. The van der Waals surface area contributed by atoms with Gasteiger partial charge in [0.05, 0.1) is 17.6 Å². The smallest absolute Gasteiger partial charge is 0.232 e. The maximum atomic E-state index is 11.5. The Labute approximate surface area is 120 Å². The van der Waals surface area contributed by atoms with Crippen molar-refractivity contribution >= 4 is 21.5 Å². The molecule has 0 saturated carbocycles. The van der Waals surface area contributed by atoms with Crippen LogP contribution in [0.15, 0.2) is 18.3 Å². The molecule has 1 aromatic rings. The summed E-state index contributed by atoms with van der Waals surface area (Å²) in [5.74, 6) is 0.966. The molecule has 7 heteroatoms. The molecule has 1 aliphatic heterocycles. The zero-order valence-electron chi connectivity index (χ0n) is 12.0. The first-order chi connectivity index (χ1) is 9.54. The molecule has 1 aliphatic rings. The summed E-state index contributed by atoms with van der Waals surface area (Å²) in [4.78, 5) is 8.98. The summed E-state index contributed by atoms with van der Waals surface area (Å²) < 4.78 is 25.4. The van der Waals surface area contributed by atoms with Crippen molar-refractivity contribution in [1.82, 2.24) is 9.88 Å². The fraction of sp³-hybridized carbons (Fsp3) is 0.615. The molecule has 0 unspecified atom stereocenters. The van der Waals surface area contributed by atoms with Gasteiger partial charge in [-0.05, 0) is 25.6 Å². The lowest BCUT2D eigenvalue weighted by atomic mass is 10.3. The van der Waals surface area contributed by atoms with Crippen molar-refractivity contribution in [2.75, 3.05) is 48.1 Å². The van der Waals surface area contributed by atoms with Crippen LogP contribution < -0.4 is 9.62 Å². The van der Waals surface area contributed by atoms with Crippen LogP contribution in [0.4, 0.5) is 11.5 Å². The van der Waals surface area contributed by atoms with E-state index in [2.05, 4.69) is 26.4 Å². The van der Waals surface area contributed by atoms with Crippen LogP contribution in [0, 0.1) is 0 Å². The molecular weight excluding hydrogens is 276 g/mol. The molecule has 1 aromatic heterocycles. The van der Waals surface area contributed by atoms with Crippen molar-refractivity contribution in [3.8, 4) is 0 Å². The summed E-state index contributed by atoms with van der Waals surface area (Å²) in [5, 5.41) is 0. The van der Waals surface area contributed by atoms with E-state index in [1.807, 2.05) is 6.07 Å². The molecule has 0 bridgehead atoms. The van der Waals surface area contributed by atoms with Crippen molar-refractivity contribution < 1.29 is 8.42 Å². The quantitative estimate of drug-likeness (QED) is 0.878. The van der Waals surface area contributed by atoms with Crippen LogP contribution >= 0.6 is 0 Å². The lowest BCUT2D eigenvalue weighted by molar-refractivity contribution is 0.270. The third kappa shape index (κ3) is 3.83. The number of anilines is 2. The molecule has 0 aliphatic carbocycles. The van der Waals surface area contributed by atoms with Crippen LogP contribution in [0.25, 0.3) is 0 Å². The van der Waals surface area contributed by atoms with Gasteiger partial charge in [0.25, 0.3) is 0 Å². The number of nitrogens with one attached hydrogen (secondary N) is 1. The Hall–Kier alpha value is -1.34. The van der Waals surface area contributed by atoms with Gasteiger partial charge in [-0.15, -0.1) is 0 Å². The molecule has 1 saturated heterocycles. The average molecular weight is 298 g/mol. The minimum absolute atomic E-state index is 0.0632. The Balaban J connectivity index is 1.98. The van der Waals surface area contributed by atoms with E-state index in [-0.39, 0.29) is 5.75 Å². The second-order valence-electron chi connectivity index (χ2n) is 4.83. The minimum atomic E-state index is -3.23. The van der Waals surface area contributed by atoms with E-state index in [0.717, 1.165) is 38.5 Å². The van der Waals surface area contributed by atoms with Crippen molar-refractivity contribution in [3.63, 3.8) is 0 Å². The molecular formula is C13H22N4O2S. The summed E-state index contributed by atoms with van der Waals surface area (Å²) in [5.41, 5.74) is 0.516. The third-order valence-corrected chi connectivity index (χ3v) is 4.85. The monoisotopic (exact) mass is 298 g/mol. The molecule has 1 fully saturated rings. The van der Waals surface area contributed by atoms with E-state index in [9.17, 15) is 8.42 Å². The van der Waals surface area contributed by atoms with Gasteiger partial charge in [-0.25, -0.2) is 13.4 Å². The molecule has 2 heterocycles. The van der Waals surface area contributed by atoms with E-state index in [1.165, 1.54) is 0 Å². The van der Waals surface area contributed by atoms with Gasteiger partial charge in [0.2, 0.25) is 10.0 Å². The van der Waals surface area contributed by atoms with Crippen molar-refractivity contribution in [1.29, 1.82) is 0 Å². The largest absolute Gasteiger partial charge is 0.354 e. The number of hydrogen-bond donors (Lipinski definition) is 1. The van der Waals surface area contributed by atoms with Crippen LogP contribution in [0.5, 0.6) is 0 Å². The second-order valence-corrected chi connectivity index (χ2v) is 6.84. The van der Waals surface area contributed by atoms with Gasteiger partial charge >= 0.3 is 0 Å². The van der Waals surface area contributed by atoms with E-state index in [1.54, 1.807) is 19.2 Å². The molecule has 20 heavy (non-hydrogen) atoms. The molecule has 0 aromatic carbocycles. The second kappa shape index (κ2) is 6.41. The minimum Gasteiger partial charge on any atom is -0.354 e. The number of pyridine rings is 1. The van der Waals surface area contributed by atoms with E-state index in [4.69, 9.17) is 0 Å². The maximum absolute atomic E-state index is 11.5. The predicted octanol–water partition coefficient (Wildman–Crippen LogP) is 0.985. The molecule has 2 rings (SSSR count). The first-order valence-electron chi connectivity index (χ1n) is 6.98. The first kappa shape index (κ1) is 15.1. The summed E-state index contributed by atoms with van der Waals surface area (Å²) in [7, 11) is -3.23.